The Morgan fingerprint density at radius 1 is 1.05 bits per heavy atom. The fraction of sp³-hybridized carbons (Fsp3) is 0.167. The van der Waals surface area contributed by atoms with Crippen LogP contribution in [0.4, 0.5) is 0 Å². The van der Waals surface area contributed by atoms with Crippen molar-refractivity contribution in [2.75, 3.05) is 0 Å². The van der Waals surface area contributed by atoms with Gasteiger partial charge in [-0.05, 0) is 42.7 Å². The number of carboxylic acids is 1. The maximum atomic E-state index is 10.9. The van der Waals surface area contributed by atoms with Gasteiger partial charge in [0.25, 0.3) is 0 Å². The number of aliphatic carboxylic acids is 1. The standard InChI is InChI=1S/C18H17NO2/c1-11-5-12(2)7-14(6-11)13-3-4-17-16(8-13)15(10-19-17)9-18(20)21/h3-8,10,19H,9H2,1-2H3,(H,20,21). The van der Waals surface area contributed by atoms with E-state index in [1.54, 1.807) is 6.20 Å². The molecule has 0 amide bonds. The second kappa shape index (κ2) is 5.09. The van der Waals surface area contributed by atoms with Gasteiger partial charge in [-0.15, -0.1) is 0 Å². The molecule has 2 aromatic carbocycles. The maximum Gasteiger partial charge on any atom is 0.307 e. The Bertz CT molecular complexity index is 810. The van der Waals surface area contributed by atoms with Crippen molar-refractivity contribution < 1.29 is 9.90 Å². The zero-order valence-electron chi connectivity index (χ0n) is 12.1. The number of aryl methyl sites for hydroxylation is 2. The molecule has 21 heavy (non-hydrogen) atoms. The number of benzene rings is 2. The highest BCUT2D eigenvalue weighted by Crippen LogP contribution is 2.28. The number of carbonyl (C=O) groups is 1. The Morgan fingerprint density at radius 3 is 2.43 bits per heavy atom. The van der Waals surface area contributed by atoms with E-state index in [1.165, 1.54) is 11.1 Å². The normalized spacial score (nSPS) is 11.0. The molecule has 0 aliphatic carbocycles. The quantitative estimate of drug-likeness (QED) is 0.759. The maximum absolute atomic E-state index is 10.9. The predicted molar refractivity (Wildman–Crippen MR) is 84.5 cm³/mol. The van der Waals surface area contributed by atoms with Crippen molar-refractivity contribution in [2.24, 2.45) is 0 Å². The van der Waals surface area contributed by atoms with Crippen LogP contribution in [0.3, 0.4) is 0 Å². The number of hydrogen-bond acceptors (Lipinski definition) is 1. The average molecular weight is 279 g/mol. The smallest absolute Gasteiger partial charge is 0.307 e. The van der Waals surface area contributed by atoms with Crippen molar-refractivity contribution in [3.8, 4) is 11.1 Å². The third kappa shape index (κ3) is 2.68. The molecule has 3 heteroatoms. The first-order valence-electron chi connectivity index (χ1n) is 6.93. The summed E-state index contributed by atoms with van der Waals surface area (Å²) in [5.74, 6) is -0.812. The number of aromatic amines is 1. The highest BCUT2D eigenvalue weighted by molar-refractivity contribution is 5.90. The molecule has 3 rings (SSSR count). The van der Waals surface area contributed by atoms with Gasteiger partial charge in [0.15, 0.2) is 0 Å². The summed E-state index contributed by atoms with van der Waals surface area (Å²) in [4.78, 5) is 14.1. The largest absolute Gasteiger partial charge is 0.481 e. The van der Waals surface area contributed by atoms with E-state index in [0.717, 1.165) is 27.6 Å². The van der Waals surface area contributed by atoms with E-state index in [0.29, 0.717) is 0 Å². The predicted octanol–water partition coefficient (Wildman–Crippen LogP) is 4.08. The molecule has 3 nitrogen and oxygen atoms in total. The van der Waals surface area contributed by atoms with Gasteiger partial charge in [0.05, 0.1) is 6.42 Å². The van der Waals surface area contributed by atoms with Crippen LogP contribution in [0.2, 0.25) is 0 Å². The van der Waals surface area contributed by atoms with Crippen LogP contribution in [0, 0.1) is 13.8 Å². The van der Waals surface area contributed by atoms with Gasteiger partial charge in [-0.25, -0.2) is 0 Å². The summed E-state index contributed by atoms with van der Waals surface area (Å²) >= 11 is 0. The summed E-state index contributed by atoms with van der Waals surface area (Å²) in [7, 11) is 0. The summed E-state index contributed by atoms with van der Waals surface area (Å²) < 4.78 is 0. The molecule has 1 heterocycles. The Hall–Kier alpha value is -2.55. The van der Waals surface area contributed by atoms with Crippen LogP contribution in [-0.2, 0) is 11.2 Å². The second-order valence-corrected chi connectivity index (χ2v) is 5.52. The minimum absolute atomic E-state index is 0.0380. The Labute approximate surface area is 123 Å². The molecule has 0 saturated heterocycles. The van der Waals surface area contributed by atoms with Gasteiger partial charge in [0.2, 0.25) is 0 Å². The third-order valence-electron chi connectivity index (χ3n) is 3.66. The molecule has 0 unspecified atom stereocenters. The van der Waals surface area contributed by atoms with Crippen LogP contribution in [-0.4, -0.2) is 16.1 Å². The van der Waals surface area contributed by atoms with Crippen molar-refractivity contribution in [1.29, 1.82) is 0 Å². The van der Waals surface area contributed by atoms with E-state index in [-0.39, 0.29) is 6.42 Å². The van der Waals surface area contributed by atoms with Gasteiger partial charge in [-0.3, -0.25) is 4.79 Å². The summed E-state index contributed by atoms with van der Waals surface area (Å²) in [6, 6.07) is 12.6. The summed E-state index contributed by atoms with van der Waals surface area (Å²) in [5, 5.41) is 9.97. The van der Waals surface area contributed by atoms with E-state index >= 15 is 0 Å². The van der Waals surface area contributed by atoms with E-state index in [9.17, 15) is 4.79 Å². The lowest BCUT2D eigenvalue weighted by molar-refractivity contribution is -0.136. The van der Waals surface area contributed by atoms with E-state index in [1.807, 2.05) is 6.07 Å². The number of carboxylic acid groups (broad SMARTS) is 1. The molecule has 0 aliphatic rings. The topological polar surface area (TPSA) is 53.1 Å². The van der Waals surface area contributed by atoms with Gasteiger partial charge < -0.3 is 10.1 Å². The van der Waals surface area contributed by atoms with Gasteiger partial charge in [0.1, 0.15) is 0 Å². The summed E-state index contributed by atoms with van der Waals surface area (Å²) in [5.41, 5.74) is 6.52. The van der Waals surface area contributed by atoms with Crippen molar-refractivity contribution in [1.82, 2.24) is 4.98 Å². The Morgan fingerprint density at radius 2 is 1.76 bits per heavy atom. The first kappa shape index (κ1) is 13.4. The molecule has 0 saturated carbocycles. The number of hydrogen-bond donors (Lipinski definition) is 2. The SMILES string of the molecule is Cc1cc(C)cc(-c2ccc3[nH]cc(CC(=O)O)c3c2)c1. The van der Waals surface area contributed by atoms with Crippen LogP contribution < -0.4 is 0 Å². The molecular formula is C18H17NO2. The van der Waals surface area contributed by atoms with Crippen LogP contribution in [0.25, 0.3) is 22.0 Å². The molecule has 0 aliphatic heterocycles. The molecule has 0 fully saturated rings. The molecule has 1 aromatic heterocycles. The third-order valence-corrected chi connectivity index (χ3v) is 3.66. The lowest BCUT2D eigenvalue weighted by Gasteiger charge is -2.06. The number of nitrogens with one attached hydrogen (secondary N) is 1. The summed E-state index contributed by atoms with van der Waals surface area (Å²) in [6.07, 6.45) is 1.82. The van der Waals surface area contributed by atoms with Gasteiger partial charge in [-0.2, -0.15) is 0 Å². The highest BCUT2D eigenvalue weighted by Gasteiger charge is 2.09. The van der Waals surface area contributed by atoms with E-state index in [2.05, 4.69) is 49.2 Å². The molecule has 2 N–H and O–H groups in total. The van der Waals surface area contributed by atoms with Crippen molar-refractivity contribution in [3.63, 3.8) is 0 Å². The number of H-pyrrole nitrogens is 1. The lowest BCUT2D eigenvalue weighted by atomic mass is 9.98. The van der Waals surface area contributed by atoms with Gasteiger partial charge in [0, 0.05) is 17.1 Å². The minimum atomic E-state index is -0.812. The Kier molecular flexibility index (Phi) is 3.26. The number of rotatable bonds is 3. The second-order valence-electron chi connectivity index (χ2n) is 5.52. The van der Waals surface area contributed by atoms with Crippen molar-refractivity contribution in [2.45, 2.75) is 20.3 Å². The van der Waals surface area contributed by atoms with E-state index < -0.39 is 5.97 Å². The average Bonchev–Trinajstić information content (AvgIpc) is 2.79. The number of aromatic nitrogens is 1. The van der Waals surface area contributed by atoms with E-state index in [4.69, 9.17) is 5.11 Å². The fourth-order valence-electron chi connectivity index (χ4n) is 2.81. The first-order valence-corrected chi connectivity index (χ1v) is 6.93. The van der Waals surface area contributed by atoms with Crippen LogP contribution in [0.15, 0.2) is 42.6 Å². The van der Waals surface area contributed by atoms with Crippen molar-refractivity contribution >= 4 is 16.9 Å². The molecule has 3 aromatic rings. The molecule has 106 valence electrons. The zero-order valence-corrected chi connectivity index (χ0v) is 12.1. The lowest BCUT2D eigenvalue weighted by Crippen LogP contribution is -1.98. The fourth-order valence-corrected chi connectivity index (χ4v) is 2.81. The molecule has 0 atom stereocenters. The molecular weight excluding hydrogens is 262 g/mol. The Balaban J connectivity index is 2.13. The monoisotopic (exact) mass is 279 g/mol. The highest BCUT2D eigenvalue weighted by atomic mass is 16.4. The van der Waals surface area contributed by atoms with Crippen LogP contribution in [0.5, 0.6) is 0 Å². The van der Waals surface area contributed by atoms with Crippen molar-refractivity contribution in [3.05, 3.63) is 59.3 Å². The zero-order chi connectivity index (χ0) is 15.0. The first-order chi connectivity index (χ1) is 10.0. The van der Waals surface area contributed by atoms with Gasteiger partial charge in [-0.1, -0.05) is 35.4 Å². The van der Waals surface area contributed by atoms with Crippen LogP contribution in [0.1, 0.15) is 16.7 Å². The van der Waals surface area contributed by atoms with Gasteiger partial charge >= 0.3 is 5.97 Å². The minimum Gasteiger partial charge on any atom is -0.481 e. The molecule has 0 bridgehead atoms. The number of fused-ring (bicyclic) bond motifs is 1. The molecule has 0 spiro atoms. The summed E-state index contributed by atoms with van der Waals surface area (Å²) in [6.45, 7) is 4.17. The molecule has 0 radical (unpaired) electrons. The van der Waals surface area contributed by atoms with Crippen LogP contribution >= 0.6 is 0 Å².